The zero-order valence-corrected chi connectivity index (χ0v) is 14.9. The number of aromatic nitrogens is 4. The number of nitrogens with two attached hydrogens (primary N) is 1. The van der Waals surface area contributed by atoms with E-state index in [9.17, 15) is 8.42 Å². The maximum absolute atomic E-state index is 12.2. The number of nitrogens with zero attached hydrogens (tertiary/aromatic N) is 4. The molecule has 0 fully saturated rings. The van der Waals surface area contributed by atoms with Gasteiger partial charge in [0.2, 0.25) is 0 Å². The molecule has 8 nitrogen and oxygen atoms in total. The molecule has 0 bridgehead atoms. The van der Waals surface area contributed by atoms with Gasteiger partial charge in [-0.2, -0.15) is 0 Å². The SMILES string of the molecule is C#Cc1nnc(-c2nc(-c3ccc(S(=O)(=O)C(C)C)cc3)cnc2N)o1. The normalized spacial score (nSPS) is 11.5. The second-order valence-corrected chi connectivity index (χ2v) is 8.17. The fourth-order valence-corrected chi connectivity index (χ4v) is 3.22. The third-order valence-electron chi connectivity index (χ3n) is 3.65. The first-order valence-electron chi connectivity index (χ1n) is 7.60. The van der Waals surface area contributed by atoms with E-state index in [4.69, 9.17) is 16.6 Å². The molecule has 2 heterocycles. The van der Waals surface area contributed by atoms with Crippen molar-refractivity contribution in [1.29, 1.82) is 0 Å². The Bertz CT molecular complexity index is 1100. The van der Waals surface area contributed by atoms with Gasteiger partial charge < -0.3 is 10.2 Å². The first-order chi connectivity index (χ1) is 12.3. The third kappa shape index (κ3) is 3.14. The molecule has 3 aromatic rings. The number of hydrogen-bond acceptors (Lipinski definition) is 8. The molecule has 1 aromatic carbocycles. The van der Waals surface area contributed by atoms with E-state index >= 15 is 0 Å². The fraction of sp³-hybridized carbons (Fsp3) is 0.176. The number of sulfone groups is 1. The highest BCUT2D eigenvalue weighted by Gasteiger charge is 2.19. The summed E-state index contributed by atoms with van der Waals surface area (Å²) in [6, 6.07) is 6.37. The van der Waals surface area contributed by atoms with Crippen LogP contribution in [0.1, 0.15) is 19.7 Å². The summed E-state index contributed by atoms with van der Waals surface area (Å²) in [4.78, 5) is 8.72. The molecule has 0 saturated carbocycles. The van der Waals surface area contributed by atoms with E-state index in [1.54, 1.807) is 26.0 Å². The second kappa shape index (κ2) is 6.57. The molecule has 9 heteroatoms. The predicted molar refractivity (Wildman–Crippen MR) is 95.4 cm³/mol. The van der Waals surface area contributed by atoms with Crippen LogP contribution in [0.15, 0.2) is 39.8 Å². The van der Waals surface area contributed by atoms with Crippen LogP contribution in [0.5, 0.6) is 0 Å². The first-order valence-corrected chi connectivity index (χ1v) is 9.15. The van der Waals surface area contributed by atoms with Crippen molar-refractivity contribution in [3.8, 4) is 35.2 Å². The fourth-order valence-electron chi connectivity index (χ4n) is 2.16. The van der Waals surface area contributed by atoms with E-state index in [2.05, 4.69) is 26.1 Å². The lowest BCUT2D eigenvalue weighted by atomic mass is 10.1. The standard InChI is InChI=1S/C17H15N5O3S/c1-4-14-21-22-17(25-14)15-16(18)19-9-13(20-15)11-5-7-12(8-6-11)26(23,24)10(2)3/h1,5-10H,2-3H3,(H2,18,19). The van der Waals surface area contributed by atoms with Gasteiger partial charge in [0, 0.05) is 5.56 Å². The van der Waals surface area contributed by atoms with Crippen molar-refractivity contribution in [3.63, 3.8) is 0 Å². The Labute approximate surface area is 150 Å². The average Bonchev–Trinajstić information content (AvgIpc) is 3.11. The van der Waals surface area contributed by atoms with Crippen molar-refractivity contribution in [2.75, 3.05) is 5.73 Å². The van der Waals surface area contributed by atoms with Crippen LogP contribution >= 0.6 is 0 Å². The van der Waals surface area contributed by atoms with Gasteiger partial charge in [-0.3, -0.25) is 0 Å². The predicted octanol–water partition coefficient (Wildman–Crippen LogP) is 1.94. The Balaban J connectivity index is 2.00. The number of nitrogen functional groups attached to an aromatic ring is 1. The molecule has 2 N–H and O–H groups in total. The number of hydrogen-bond donors (Lipinski definition) is 1. The van der Waals surface area contributed by atoms with Crippen LogP contribution in [-0.2, 0) is 9.84 Å². The zero-order chi connectivity index (χ0) is 18.9. The van der Waals surface area contributed by atoms with E-state index in [-0.39, 0.29) is 28.2 Å². The van der Waals surface area contributed by atoms with Gasteiger partial charge in [0.25, 0.3) is 11.8 Å². The third-order valence-corrected chi connectivity index (χ3v) is 5.82. The zero-order valence-electron chi connectivity index (χ0n) is 14.0. The minimum Gasteiger partial charge on any atom is -0.408 e. The van der Waals surface area contributed by atoms with Gasteiger partial charge in [-0.05, 0) is 31.9 Å². The number of terminal acetylenes is 1. The summed E-state index contributed by atoms with van der Waals surface area (Å²) in [5.74, 6) is 2.41. The van der Waals surface area contributed by atoms with Crippen molar-refractivity contribution < 1.29 is 12.8 Å². The van der Waals surface area contributed by atoms with Crippen molar-refractivity contribution >= 4 is 15.7 Å². The summed E-state index contributed by atoms with van der Waals surface area (Å²) in [5, 5.41) is 6.96. The van der Waals surface area contributed by atoms with E-state index in [0.29, 0.717) is 11.3 Å². The number of anilines is 1. The monoisotopic (exact) mass is 369 g/mol. The summed E-state index contributed by atoms with van der Waals surface area (Å²) < 4.78 is 29.7. The number of benzene rings is 1. The van der Waals surface area contributed by atoms with Crippen LogP contribution in [0.2, 0.25) is 0 Å². The summed E-state index contributed by atoms with van der Waals surface area (Å²) in [6.45, 7) is 3.27. The molecule has 0 saturated heterocycles. The Morgan fingerprint density at radius 3 is 2.46 bits per heavy atom. The summed E-state index contributed by atoms with van der Waals surface area (Å²) in [6.07, 6.45) is 6.68. The Morgan fingerprint density at radius 1 is 1.19 bits per heavy atom. The summed E-state index contributed by atoms with van der Waals surface area (Å²) in [5.41, 5.74) is 7.18. The molecule has 0 aliphatic carbocycles. The molecule has 0 atom stereocenters. The van der Waals surface area contributed by atoms with E-state index < -0.39 is 15.1 Å². The first kappa shape index (κ1) is 17.6. The molecule has 0 spiro atoms. The largest absolute Gasteiger partial charge is 0.408 e. The topological polar surface area (TPSA) is 125 Å². The molecule has 0 aliphatic rings. The van der Waals surface area contributed by atoms with Gasteiger partial charge in [-0.1, -0.05) is 17.2 Å². The molecule has 0 unspecified atom stereocenters. The minimum absolute atomic E-state index is 0.00912. The van der Waals surface area contributed by atoms with Gasteiger partial charge >= 0.3 is 0 Å². The molecule has 132 valence electrons. The quantitative estimate of drug-likeness (QED) is 0.692. The molecule has 0 radical (unpaired) electrons. The molecule has 2 aromatic heterocycles. The van der Waals surface area contributed by atoms with Crippen LogP contribution in [0.4, 0.5) is 5.82 Å². The van der Waals surface area contributed by atoms with E-state index in [1.165, 1.54) is 18.3 Å². The summed E-state index contributed by atoms with van der Waals surface area (Å²) in [7, 11) is -3.34. The van der Waals surface area contributed by atoms with Crippen molar-refractivity contribution in [1.82, 2.24) is 20.2 Å². The molecule has 0 amide bonds. The van der Waals surface area contributed by atoms with Crippen molar-refractivity contribution in [2.24, 2.45) is 0 Å². The Morgan fingerprint density at radius 2 is 1.88 bits per heavy atom. The average molecular weight is 369 g/mol. The number of rotatable bonds is 4. The smallest absolute Gasteiger partial charge is 0.293 e. The van der Waals surface area contributed by atoms with Gasteiger partial charge in [-0.25, -0.2) is 18.4 Å². The van der Waals surface area contributed by atoms with E-state index in [1.807, 2.05) is 0 Å². The highest BCUT2D eigenvalue weighted by molar-refractivity contribution is 7.92. The molecule has 26 heavy (non-hydrogen) atoms. The maximum atomic E-state index is 12.2. The second-order valence-electron chi connectivity index (χ2n) is 5.66. The lowest BCUT2D eigenvalue weighted by molar-refractivity contribution is 0.553. The van der Waals surface area contributed by atoms with Crippen LogP contribution < -0.4 is 5.73 Å². The lowest BCUT2D eigenvalue weighted by Crippen LogP contribution is -2.13. The minimum atomic E-state index is -3.34. The Hall–Kier alpha value is -3.25. The summed E-state index contributed by atoms with van der Waals surface area (Å²) >= 11 is 0. The van der Waals surface area contributed by atoms with Gasteiger partial charge in [-0.15, -0.1) is 11.5 Å². The van der Waals surface area contributed by atoms with Crippen LogP contribution in [0.25, 0.3) is 22.8 Å². The van der Waals surface area contributed by atoms with Crippen LogP contribution in [-0.4, -0.2) is 33.8 Å². The van der Waals surface area contributed by atoms with Crippen molar-refractivity contribution in [2.45, 2.75) is 24.0 Å². The maximum Gasteiger partial charge on any atom is 0.293 e. The van der Waals surface area contributed by atoms with Gasteiger partial charge in [0.15, 0.2) is 21.3 Å². The van der Waals surface area contributed by atoms with Gasteiger partial charge in [0.05, 0.1) is 22.0 Å². The van der Waals surface area contributed by atoms with Crippen LogP contribution in [0, 0.1) is 12.3 Å². The molecule has 3 rings (SSSR count). The molecular formula is C17H15N5O3S. The Kier molecular flexibility index (Phi) is 4.44. The highest BCUT2D eigenvalue weighted by atomic mass is 32.2. The lowest BCUT2D eigenvalue weighted by Gasteiger charge is -2.09. The van der Waals surface area contributed by atoms with Crippen LogP contribution in [0.3, 0.4) is 0 Å². The highest BCUT2D eigenvalue weighted by Crippen LogP contribution is 2.26. The van der Waals surface area contributed by atoms with Gasteiger partial charge in [0.1, 0.15) is 0 Å². The molecule has 0 aliphatic heterocycles. The van der Waals surface area contributed by atoms with E-state index in [0.717, 1.165) is 0 Å². The molecular weight excluding hydrogens is 354 g/mol. The van der Waals surface area contributed by atoms with Crippen molar-refractivity contribution in [3.05, 3.63) is 36.4 Å².